The summed E-state index contributed by atoms with van der Waals surface area (Å²) in [5, 5.41) is 0.240. The minimum Gasteiger partial charge on any atom is -0.496 e. The van der Waals surface area contributed by atoms with Gasteiger partial charge in [-0.25, -0.2) is 0 Å². The summed E-state index contributed by atoms with van der Waals surface area (Å²) in [5.41, 5.74) is 4.00. The summed E-state index contributed by atoms with van der Waals surface area (Å²) in [6.07, 6.45) is 2.81. The molecule has 0 spiro atoms. The van der Waals surface area contributed by atoms with Gasteiger partial charge < -0.3 is 9.64 Å². The summed E-state index contributed by atoms with van der Waals surface area (Å²) in [7, 11) is 1.63. The molecular formula is C26H29ClN2O3S. The van der Waals surface area contributed by atoms with Crippen molar-refractivity contribution in [2.24, 2.45) is 0 Å². The van der Waals surface area contributed by atoms with E-state index in [1.807, 2.05) is 18.2 Å². The average Bonchev–Trinajstić information content (AvgIpc) is 3.02. The summed E-state index contributed by atoms with van der Waals surface area (Å²) in [5.74, 6) is 0.746. The van der Waals surface area contributed by atoms with E-state index >= 15 is 0 Å². The summed E-state index contributed by atoms with van der Waals surface area (Å²) in [6.45, 7) is 9.99. The van der Waals surface area contributed by atoms with Gasteiger partial charge in [-0.2, -0.15) is 0 Å². The van der Waals surface area contributed by atoms with Crippen molar-refractivity contribution < 1.29 is 14.3 Å². The fourth-order valence-electron chi connectivity index (χ4n) is 4.99. The molecule has 0 aliphatic carbocycles. The second kappa shape index (κ2) is 9.07. The fourth-order valence-corrected chi connectivity index (χ4v) is 6.01. The number of thioether (sulfide) groups is 1. The molecule has 2 amide bonds. The molecule has 2 aromatic rings. The predicted octanol–water partition coefficient (Wildman–Crippen LogP) is 6.70. The van der Waals surface area contributed by atoms with Crippen LogP contribution in [0.2, 0.25) is 5.02 Å². The van der Waals surface area contributed by atoms with Crippen molar-refractivity contribution in [2.75, 3.05) is 18.6 Å². The van der Waals surface area contributed by atoms with Crippen LogP contribution in [0.1, 0.15) is 56.7 Å². The number of rotatable bonds is 5. The highest BCUT2D eigenvalue weighted by molar-refractivity contribution is 8.18. The monoisotopic (exact) mass is 484 g/mol. The molecule has 7 heteroatoms. The van der Waals surface area contributed by atoms with Gasteiger partial charge in [-0.05, 0) is 74.2 Å². The predicted molar refractivity (Wildman–Crippen MR) is 136 cm³/mol. The Bertz CT molecular complexity index is 1140. The molecule has 2 aliphatic rings. The molecule has 174 valence electrons. The normalized spacial score (nSPS) is 21.0. The molecular weight excluding hydrogens is 456 g/mol. The first-order chi connectivity index (χ1) is 15.7. The van der Waals surface area contributed by atoms with E-state index in [2.05, 4.69) is 44.7 Å². The van der Waals surface area contributed by atoms with E-state index in [4.69, 9.17) is 16.3 Å². The minimum absolute atomic E-state index is 0.0507. The van der Waals surface area contributed by atoms with Crippen LogP contribution in [-0.2, 0) is 11.3 Å². The number of nitrogens with zero attached hydrogens (tertiary/aromatic N) is 2. The van der Waals surface area contributed by atoms with E-state index in [-0.39, 0.29) is 23.2 Å². The quantitative estimate of drug-likeness (QED) is 0.442. The Morgan fingerprint density at radius 2 is 1.97 bits per heavy atom. The Morgan fingerprint density at radius 3 is 2.64 bits per heavy atom. The SMILES string of the molecule is CCN1c2cc(OC)c(/C=C3/SC(=O)N(Cc4ccccc4Cl)C3=O)cc2C(C)CC1(C)C. The summed E-state index contributed by atoms with van der Waals surface area (Å²) < 4.78 is 5.71. The van der Waals surface area contributed by atoms with Crippen LogP contribution in [0.15, 0.2) is 41.3 Å². The standard InChI is InChI=1S/C26H29ClN2O3S/c1-6-29-21-13-22(32-5)18(11-19(21)16(2)14-26(29,3)4)12-23-24(30)28(25(31)33-23)15-17-9-7-8-10-20(17)27/h7-13,16H,6,14-15H2,1-5H3/b23-12+. The number of amides is 2. The van der Waals surface area contributed by atoms with Crippen molar-refractivity contribution in [1.29, 1.82) is 0 Å². The van der Waals surface area contributed by atoms with E-state index in [1.54, 1.807) is 19.3 Å². The maximum Gasteiger partial charge on any atom is 0.293 e. The number of ether oxygens (including phenoxy) is 1. The average molecular weight is 485 g/mol. The van der Waals surface area contributed by atoms with Crippen molar-refractivity contribution in [3.63, 3.8) is 0 Å². The van der Waals surface area contributed by atoms with Gasteiger partial charge in [0.15, 0.2) is 0 Å². The number of imide groups is 1. The van der Waals surface area contributed by atoms with E-state index in [9.17, 15) is 9.59 Å². The number of carbonyl (C=O) groups excluding carboxylic acids is 2. The number of hydrogen-bond acceptors (Lipinski definition) is 5. The van der Waals surface area contributed by atoms with Crippen LogP contribution in [-0.4, -0.2) is 35.2 Å². The third-order valence-electron chi connectivity index (χ3n) is 6.50. The molecule has 1 saturated heterocycles. The zero-order valence-corrected chi connectivity index (χ0v) is 21.2. The Kier molecular flexibility index (Phi) is 6.52. The van der Waals surface area contributed by atoms with Crippen LogP contribution in [0.4, 0.5) is 10.5 Å². The van der Waals surface area contributed by atoms with Crippen LogP contribution in [0.3, 0.4) is 0 Å². The molecule has 33 heavy (non-hydrogen) atoms. The van der Waals surface area contributed by atoms with Crippen molar-refractivity contribution in [1.82, 2.24) is 4.90 Å². The molecule has 0 radical (unpaired) electrons. The lowest BCUT2D eigenvalue weighted by Gasteiger charge is -2.47. The molecule has 0 aromatic heterocycles. The van der Waals surface area contributed by atoms with Crippen LogP contribution < -0.4 is 9.64 Å². The molecule has 1 atom stereocenters. The smallest absolute Gasteiger partial charge is 0.293 e. The number of methoxy groups -OCH3 is 1. The molecule has 0 saturated carbocycles. The number of carbonyl (C=O) groups is 2. The number of fused-ring (bicyclic) bond motifs is 1. The fraction of sp³-hybridized carbons (Fsp3) is 0.385. The Hall–Kier alpha value is -2.44. The highest BCUT2D eigenvalue weighted by atomic mass is 35.5. The van der Waals surface area contributed by atoms with E-state index in [1.165, 1.54) is 16.2 Å². The van der Waals surface area contributed by atoms with Crippen LogP contribution >= 0.6 is 23.4 Å². The molecule has 0 N–H and O–H groups in total. The molecule has 4 rings (SSSR count). The first kappa shape index (κ1) is 23.7. The van der Waals surface area contributed by atoms with Gasteiger partial charge in [0.05, 0.1) is 18.6 Å². The molecule has 1 fully saturated rings. The topological polar surface area (TPSA) is 49.9 Å². The number of hydrogen-bond donors (Lipinski definition) is 0. The lowest BCUT2D eigenvalue weighted by Crippen LogP contribution is -2.48. The highest BCUT2D eigenvalue weighted by Gasteiger charge is 2.38. The second-order valence-corrected chi connectivity index (χ2v) is 10.6. The van der Waals surface area contributed by atoms with E-state index in [0.29, 0.717) is 21.6 Å². The molecule has 1 unspecified atom stereocenters. The van der Waals surface area contributed by atoms with Crippen molar-refractivity contribution >= 4 is 46.3 Å². The lowest BCUT2D eigenvalue weighted by molar-refractivity contribution is -0.123. The molecule has 2 aromatic carbocycles. The van der Waals surface area contributed by atoms with Crippen molar-refractivity contribution in [3.05, 3.63) is 63.0 Å². The maximum atomic E-state index is 13.1. The molecule has 0 bridgehead atoms. The molecule has 2 aliphatic heterocycles. The first-order valence-corrected chi connectivity index (χ1v) is 12.3. The van der Waals surface area contributed by atoms with Gasteiger partial charge in [0.2, 0.25) is 0 Å². The van der Waals surface area contributed by atoms with Crippen LogP contribution in [0.25, 0.3) is 6.08 Å². The number of halogens is 1. The van der Waals surface area contributed by atoms with Gasteiger partial charge in [-0.15, -0.1) is 0 Å². The number of benzene rings is 2. The first-order valence-electron chi connectivity index (χ1n) is 11.1. The van der Waals surface area contributed by atoms with Gasteiger partial charge in [-0.1, -0.05) is 36.7 Å². The van der Waals surface area contributed by atoms with Crippen LogP contribution in [0, 0.1) is 0 Å². The summed E-state index contributed by atoms with van der Waals surface area (Å²) in [6, 6.07) is 11.4. The zero-order valence-electron chi connectivity index (χ0n) is 19.6. The Labute approximate surface area is 204 Å². The van der Waals surface area contributed by atoms with E-state index < -0.39 is 0 Å². The largest absolute Gasteiger partial charge is 0.496 e. The van der Waals surface area contributed by atoms with E-state index in [0.717, 1.165) is 35.9 Å². The third-order valence-corrected chi connectivity index (χ3v) is 7.78. The number of anilines is 1. The summed E-state index contributed by atoms with van der Waals surface area (Å²) >= 11 is 7.19. The van der Waals surface area contributed by atoms with Crippen LogP contribution in [0.5, 0.6) is 5.75 Å². The van der Waals surface area contributed by atoms with Gasteiger partial charge in [0.25, 0.3) is 11.1 Å². The molecule has 2 heterocycles. The van der Waals surface area contributed by atoms with Gasteiger partial charge >= 0.3 is 0 Å². The van der Waals surface area contributed by atoms with Gasteiger partial charge in [0, 0.05) is 34.4 Å². The van der Waals surface area contributed by atoms with Crippen molar-refractivity contribution in [3.8, 4) is 5.75 Å². The Balaban J connectivity index is 1.69. The van der Waals surface area contributed by atoms with Crippen molar-refractivity contribution in [2.45, 2.75) is 52.1 Å². The lowest BCUT2D eigenvalue weighted by atomic mass is 9.79. The molecule has 5 nitrogen and oxygen atoms in total. The van der Waals surface area contributed by atoms with Gasteiger partial charge in [-0.3, -0.25) is 14.5 Å². The Morgan fingerprint density at radius 1 is 1.24 bits per heavy atom. The third kappa shape index (κ3) is 4.38. The van der Waals surface area contributed by atoms with Gasteiger partial charge in [0.1, 0.15) is 5.75 Å². The zero-order chi connectivity index (χ0) is 23.9. The maximum absolute atomic E-state index is 13.1. The highest BCUT2D eigenvalue weighted by Crippen LogP contribution is 2.46. The summed E-state index contributed by atoms with van der Waals surface area (Å²) in [4.78, 5) is 29.8. The minimum atomic E-state index is -0.311. The second-order valence-electron chi connectivity index (χ2n) is 9.17.